The van der Waals surface area contributed by atoms with Crippen molar-refractivity contribution in [3.63, 3.8) is 0 Å². The third-order valence-electron chi connectivity index (χ3n) is 3.64. The van der Waals surface area contributed by atoms with E-state index < -0.39 is 34.6 Å². The third-order valence-corrected chi connectivity index (χ3v) is 3.64. The molecule has 0 saturated heterocycles. The fourth-order valence-electron chi connectivity index (χ4n) is 2.64. The summed E-state index contributed by atoms with van der Waals surface area (Å²) in [6.07, 6.45) is -9.20. The number of benzene rings is 2. The summed E-state index contributed by atoms with van der Waals surface area (Å²) >= 11 is 0. The summed E-state index contributed by atoms with van der Waals surface area (Å²) in [5, 5.41) is 9.25. The lowest BCUT2D eigenvalue weighted by Gasteiger charge is -2.17. The van der Waals surface area contributed by atoms with Crippen LogP contribution in [0.25, 0.3) is 22.0 Å². The molecule has 2 aromatic carbocycles. The molecule has 2 nitrogen and oxygen atoms in total. The van der Waals surface area contributed by atoms with Gasteiger partial charge < -0.3 is 5.11 Å². The van der Waals surface area contributed by atoms with Crippen molar-refractivity contribution in [1.82, 2.24) is 4.98 Å². The van der Waals surface area contributed by atoms with E-state index in [4.69, 9.17) is 0 Å². The number of phenols is 1. The van der Waals surface area contributed by atoms with Crippen LogP contribution in [0.3, 0.4) is 0 Å². The number of aromatic hydroxyl groups is 1. The summed E-state index contributed by atoms with van der Waals surface area (Å²) in [6.45, 7) is 0. The van der Waals surface area contributed by atoms with E-state index in [1.807, 2.05) is 0 Å². The van der Waals surface area contributed by atoms with Gasteiger partial charge in [-0.3, -0.25) is 4.98 Å². The number of fused-ring (bicyclic) bond motifs is 1. The maximum atomic E-state index is 13.4. The lowest BCUT2D eigenvalue weighted by Crippen LogP contribution is -2.11. The number of hydrogen-bond acceptors (Lipinski definition) is 2. The highest BCUT2D eigenvalue weighted by atomic mass is 19.4. The number of hydrogen-bond donors (Lipinski definition) is 1. The molecule has 1 aromatic heterocycles. The van der Waals surface area contributed by atoms with Crippen molar-refractivity contribution in [2.75, 3.05) is 0 Å². The van der Waals surface area contributed by atoms with Crippen molar-refractivity contribution in [2.45, 2.75) is 12.4 Å². The van der Waals surface area contributed by atoms with Gasteiger partial charge in [-0.1, -0.05) is 24.3 Å². The van der Waals surface area contributed by atoms with Gasteiger partial charge in [-0.25, -0.2) is 0 Å². The van der Waals surface area contributed by atoms with Crippen LogP contribution in [-0.4, -0.2) is 10.1 Å². The lowest BCUT2D eigenvalue weighted by atomic mass is 9.94. The zero-order chi connectivity index (χ0) is 18.4. The Balaban J connectivity index is 2.46. The molecule has 0 aliphatic carbocycles. The standard InChI is InChI=1S/C17H9F6NO/c18-16(19,20)12-6-2-5-11-14(9-3-1-4-10(25)7-9)13(17(21,22)23)8-24-15(11)12/h1-8,25H. The number of nitrogens with zero attached hydrogens (tertiary/aromatic N) is 1. The van der Waals surface area contributed by atoms with Gasteiger partial charge in [0, 0.05) is 17.1 Å². The Kier molecular flexibility index (Phi) is 3.85. The van der Waals surface area contributed by atoms with Crippen LogP contribution in [0.1, 0.15) is 11.1 Å². The maximum Gasteiger partial charge on any atom is 0.418 e. The molecular formula is C17H9F6NO. The van der Waals surface area contributed by atoms with Crippen molar-refractivity contribution in [3.05, 3.63) is 59.8 Å². The first-order chi connectivity index (χ1) is 11.6. The molecule has 8 heteroatoms. The molecule has 3 aromatic rings. The maximum absolute atomic E-state index is 13.4. The van der Waals surface area contributed by atoms with E-state index in [2.05, 4.69) is 4.98 Å². The summed E-state index contributed by atoms with van der Waals surface area (Å²) in [5.41, 5.74) is -3.40. The average molecular weight is 357 g/mol. The molecule has 0 atom stereocenters. The molecular weight excluding hydrogens is 348 g/mol. The highest BCUT2D eigenvalue weighted by molar-refractivity contribution is 5.98. The van der Waals surface area contributed by atoms with Crippen LogP contribution in [0, 0.1) is 0 Å². The van der Waals surface area contributed by atoms with Gasteiger partial charge in [-0.05, 0) is 23.8 Å². The van der Waals surface area contributed by atoms with Crippen LogP contribution in [0.15, 0.2) is 48.7 Å². The number of aromatic nitrogens is 1. The number of halogens is 6. The lowest BCUT2D eigenvalue weighted by molar-refractivity contribution is -0.137. The van der Waals surface area contributed by atoms with Crippen LogP contribution in [0.2, 0.25) is 0 Å². The van der Waals surface area contributed by atoms with Crippen LogP contribution >= 0.6 is 0 Å². The molecule has 0 fully saturated rings. The molecule has 25 heavy (non-hydrogen) atoms. The molecule has 0 saturated carbocycles. The van der Waals surface area contributed by atoms with Crippen molar-refractivity contribution < 1.29 is 31.4 Å². The first-order valence-corrected chi connectivity index (χ1v) is 6.94. The molecule has 0 amide bonds. The first kappa shape index (κ1) is 17.1. The molecule has 0 aliphatic heterocycles. The Morgan fingerprint density at radius 3 is 2.04 bits per heavy atom. The van der Waals surface area contributed by atoms with Crippen molar-refractivity contribution in [3.8, 4) is 16.9 Å². The predicted molar refractivity (Wildman–Crippen MR) is 78.8 cm³/mol. The molecule has 0 aliphatic rings. The van der Waals surface area contributed by atoms with E-state index in [-0.39, 0.29) is 16.7 Å². The summed E-state index contributed by atoms with van der Waals surface area (Å²) in [6, 6.07) is 7.83. The third kappa shape index (κ3) is 3.11. The van der Waals surface area contributed by atoms with Crippen LogP contribution < -0.4 is 0 Å². The van der Waals surface area contributed by atoms with Gasteiger partial charge in [0.15, 0.2) is 0 Å². The quantitative estimate of drug-likeness (QED) is 0.571. The normalized spacial score (nSPS) is 12.6. The van der Waals surface area contributed by atoms with Crippen molar-refractivity contribution >= 4 is 10.9 Å². The monoisotopic (exact) mass is 357 g/mol. The first-order valence-electron chi connectivity index (χ1n) is 6.94. The highest BCUT2D eigenvalue weighted by Crippen LogP contribution is 2.43. The van der Waals surface area contributed by atoms with Gasteiger partial charge in [-0.2, -0.15) is 26.3 Å². The van der Waals surface area contributed by atoms with E-state index in [0.717, 1.165) is 24.3 Å². The Bertz CT molecular complexity index is 946. The summed E-state index contributed by atoms with van der Waals surface area (Å²) in [4.78, 5) is 3.42. The molecule has 0 bridgehead atoms. The van der Waals surface area contributed by atoms with E-state index in [0.29, 0.717) is 6.20 Å². The van der Waals surface area contributed by atoms with E-state index >= 15 is 0 Å². The smallest absolute Gasteiger partial charge is 0.418 e. The Hall–Kier alpha value is -2.77. The van der Waals surface area contributed by atoms with Gasteiger partial charge in [0.05, 0.1) is 16.6 Å². The zero-order valence-corrected chi connectivity index (χ0v) is 12.3. The molecule has 0 radical (unpaired) electrons. The molecule has 1 N–H and O–H groups in total. The van der Waals surface area contributed by atoms with E-state index in [9.17, 15) is 31.4 Å². The highest BCUT2D eigenvalue weighted by Gasteiger charge is 2.38. The van der Waals surface area contributed by atoms with Crippen LogP contribution in [0.5, 0.6) is 5.75 Å². The summed E-state index contributed by atoms with van der Waals surface area (Å²) < 4.78 is 79.6. The predicted octanol–water partition coefficient (Wildman–Crippen LogP) is 5.65. The van der Waals surface area contributed by atoms with E-state index in [1.54, 1.807) is 0 Å². The molecule has 130 valence electrons. The minimum absolute atomic E-state index is 0.0564. The summed E-state index contributed by atoms with van der Waals surface area (Å²) in [5.74, 6) is -0.303. The van der Waals surface area contributed by atoms with Crippen molar-refractivity contribution in [1.29, 1.82) is 0 Å². The average Bonchev–Trinajstić information content (AvgIpc) is 2.51. The SMILES string of the molecule is Oc1cccc(-c2c(C(F)(F)F)cnc3c(C(F)(F)F)cccc23)c1. The van der Waals surface area contributed by atoms with Crippen molar-refractivity contribution in [2.24, 2.45) is 0 Å². The van der Waals surface area contributed by atoms with Gasteiger partial charge in [-0.15, -0.1) is 0 Å². The van der Waals surface area contributed by atoms with Gasteiger partial charge in [0.1, 0.15) is 5.75 Å². The fraction of sp³-hybridized carbons (Fsp3) is 0.118. The second kappa shape index (κ2) is 5.65. The number of phenolic OH excluding ortho intramolecular Hbond substituents is 1. The number of alkyl halides is 6. The molecule has 1 heterocycles. The minimum Gasteiger partial charge on any atom is -0.508 e. The molecule has 3 rings (SSSR count). The largest absolute Gasteiger partial charge is 0.508 e. The van der Waals surface area contributed by atoms with Gasteiger partial charge in [0.25, 0.3) is 0 Å². The topological polar surface area (TPSA) is 33.1 Å². The molecule has 0 spiro atoms. The zero-order valence-electron chi connectivity index (χ0n) is 12.3. The molecule has 0 unspecified atom stereocenters. The second-order valence-electron chi connectivity index (χ2n) is 5.29. The minimum atomic E-state index is -4.82. The summed E-state index contributed by atoms with van der Waals surface area (Å²) in [7, 11) is 0. The number of rotatable bonds is 1. The fourth-order valence-corrected chi connectivity index (χ4v) is 2.64. The number of para-hydroxylation sites is 1. The Morgan fingerprint density at radius 1 is 0.800 bits per heavy atom. The Morgan fingerprint density at radius 2 is 1.44 bits per heavy atom. The Labute approximate surface area is 137 Å². The van der Waals surface area contributed by atoms with Gasteiger partial charge in [0.2, 0.25) is 0 Å². The van der Waals surface area contributed by atoms with Crippen LogP contribution in [-0.2, 0) is 12.4 Å². The van der Waals surface area contributed by atoms with Gasteiger partial charge >= 0.3 is 12.4 Å². The van der Waals surface area contributed by atoms with E-state index in [1.165, 1.54) is 18.2 Å². The number of pyridine rings is 1. The second-order valence-corrected chi connectivity index (χ2v) is 5.29. The van der Waals surface area contributed by atoms with Crippen LogP contribution in [0.4, 0.5) is 26.3 Å².